The standard InChI is InChI=1S/C56H32O/c1-2-10-51-47(9-1)50-32-41(23-28-52(50)57-51)43-29-42(30-44(31-43)46-25-20-40-18-16-36-6-4-8-38-22-27-49(46)56(40)54(36)38)33-11-13-34(14-12-33)45-24-19-39-17-15-35-5-3-7-37-21-26-48(45)55(39)53(35)37/h1-32H/i11D,12D,13D,14D,29D,30D,31D. The summed E-state index contributed by atoms with van der Waals surface area (Å²) in [6.07, 6.45) is 0. The monoisotopic (exact) mass is 727 g/mol. The van der Waals surface area contributed by atoms with Crippen molar-refractivity contribution in [2.75, 3.05) is 0 Å². The Kier molecular flexibility index (Phi) is 5.02. The summed E-state index contributed by atoms with van der Waals surface area (Å²) >= 11 is 0. The molecule has 0 saturated heterocycles. The lowest BCUT2D eigenvalue weighted by Gasteiger charge is -2.17. The zero-order valence-electron chi connectivity index (χ0n) is 37.3. The first kappa shape index (κ1) is 24.8. The predicted octanol–water partition coefficient (Wildman–Crippen LogP) is 16.0. The van der Waals surface area contributed by atoms with Crippen molar-refractivity contribution in [3.63, 3.8) is 0 Å². The summed E-state index contributed by atoms with van der Waals surface area (Å²) < 4.78 is 74.8. The van der Waals surface area contributed by atoms with Gasteiger partial charge in [-0.2, -0.15) is 0 Å². The molecular formula is C56H32O. The van der Waals surface area contributed by atoms with E-state index in [1.165, 1.54) is 0 Å². The highest BCUT2D eigenvalue weighted by Gasteiger charge is 2.17. The van der Waals surface area contributed by atoms with Gasteiger partial charge in [-0.25, -0.2) is 0 Å². The maximum absolute atomic E-state index is 10.0. The Morgan fingerprint density at radius 2 is 0.772 bits per heavy atom. The lowest BCUT2D eigenvalue weighted by molar-refractivity contribution is 0.669. The molecular weight excluding hydrogens is 689 g/mol. The normalized spacial score (nSPS) is 13.9. The molecule has 0 atom stereocenters. The molecule has 0 amide bonds. The van der Waals surface area contributed by atoms with Crippen molar-refractivity contribution < 1.29 is 14.0 Å². The van der Waals surface area contributed by atoms with Crippen molar-refractivity contribution in [1.82, 2.24) is 0 Å². The minimum atomic E-state index is -0.356. The van der Waals surface area contributed by atoms with Crippen molar-refractivity contribution in [3.8, 4) is 44.5 Å². The van der Waals surface area contributed by atoms with Gasteiger partial charge in [-0.05, 0) is 145 Å². The number of hydrogen-bond acceptors (Lipinski definition) is 1. The van der Waals surface area contributed by atoms with Crippen LogP contribution in [0.15, 0.2) is 198 Å². The van der Waals surface area contributed by atoms with E-state index in [1.54, 1.807) is 0 Å². The van der Waals surface area contributed by atoms with E-state index in [9.17, 15) is 9.60 Å². The summed E-state index contributed by atoms with van der Waals surface area (Å²) in [5.74, 6) is 0. The molecule has 1 heteroatoms. The number of para-hydroxylation sites is 1. The van der Waals surface area contributed by atoms with Crippen LogP contribution in [-0.4, -0.2) is 0 Å². The molecule has 1 nitrogen and oxygen atoms in total. The summed E-state index contributed by atoms with van der Waals surface area (Å²) in [6, 6.07) is 48.1. The lowest BCUT2D eigenvalue weighted by atomic mass is 9.87. The van der Waals surface area contributed by atoms with E-state index in [0.29, 0.717) is 27.9 Å². The van der Waals surface area contributed by atoms with Gasteiger partial charge in [0, 0.05) is 10.8 Å². The average Bonchev–Trinajstić information content (AvgIpc) is 3.69. The minimum Gasteiger partial charge on any atom is -0.456 e. The van der Waals surface area contributed by atoms with Crippen molar-refractivity contribution in [3.05, 3.63) is 194 Å². The molecule has 262 valence electrons. The van der Waals surface area contributed by atoms with E-state index >= 15 is 0 Å². The van der Waals surface area contributed by atoms with Gasteiger partial charge in [-0.1, -0.05) is 158 Å². The molecule has 13 rings (SSSR count). The van der Waals surface area contributed by atoms with Crippen LogP contribution in [0.5, 0.6) is 0 Å². The minimum absolute atomic E-state index is 0.0403. The van der Waals surface area contributed by atoms with E-state index in [2.05, 4.69) is 54.6 Å². The van der Waals surface area contributed by atoms with Crippen LogP contribution >= 0.6 is 0 Å². The third-order valence-electron chi connectivity index (χ3n) is 11.9. The molecule has 12 aromatic carbocycles. The van der Waals surface area contributed by atoms with Gasteiger partial charge in [0.1, 0.15) is 11.2 Å². The molecule has 0 N–H and O–H groups in total. The molecule has 1 aromatic heterocycles. The summed E-state index contributed by atoms with van der Waals surface area (Å²) in [4.78, 5) is 0. The van der Waals surface area contributed by atoms with Crippen molar-refractivity contribution in [1.29, 1.82) is 0 Å². The van der Waals surface area contributed by atoms with Crippen LogP contribution in [0.1, 0.15) is 9.60 Å². The number of furan rings is 1. The molecule has 1 heterocycles. The fourth-order valence-corrected chi connectivity index (χ4v) is 9.23. The number of benzene rings is 12. The van der Waals surface area contributed by atoms with E-state index in [1.807, 2.05) is 97.1 Å². The van der Waals surface area contributed by atoms with Gasteiger partial charge in [0.2, 0.25) is 0 Å². The van der Waals surface area contributed by atoms with Crippen LogP contribution in [0.4, 0.5) is 0 Å². The zero-order valence-corrected chi connectivity index (χ0v) is 30.3. The van der Waals surface area contributed by atoms with E-state index in [4.69, 9.17) is 4.42 Å². The fraction of sp³-hybridized carbons (Fsp3) is 0. The Labute approximate surface area is 338 Å². The van der Waals surface area contributed by atoms with Gasteiger partial charge in [0.25, 0.3) is 0 Å². The van der Waals surface area contributed by atoms with Crippen LogP contribution < -0.4 is 0 Å². The molecule has 57 heavy (non-hydrogen) atoms. The van der Waals surface area contributed by atoms with E-state index in [0.717, 1.165) is 75.4 Å². The van der Waals surface area contributed by atoms with Gasteiger partial charge in [-0.15, -0.1) is 0 Å². The van der Waals surface area contributed by atoms with Crippen LogP contribution in [0.3, 0.4) is 0 Å². The van der Waals surface area contributed by atoms with Crippen LogP contribution in [0, 0.1) is 0 Å². The first-order valence-electron chi connectivity index (χ1n) is 22.7. The fourth-order valence-electron chi connectivity index (χ4n) is 9.23. The Hall–Kier alpha value is -7.48. The van der Waals surface area contributed by atoms with Crippen LogP contribution in [0.25, 0.3) is 131 Å². The Balaban J connectivity index is 1.12. The van der Waals surface area contributed by atoms with Crippen LogP contribution in [0.2, 0.25) is 0 Å². The van der Waals surface area contributed by atoms with Gasteiger partial charge in [0.05, 0.1) is 9.60 Å². The topological polar surface area (TPSA) is 13.1 Å². The second-order valence-electron chi connectivity index (χ2n) is 15.0. The second kappa shape index (κ2) is 11.5. The SMILES string of the molecule is [2H]c1c([2H])c(-c2ccc3ccc4cccc5ccc2c3c45)c([2H])c([2H])c1-c1c([2H])c(-c2ccc3oc4ccccc4c3c2)c([2H])c(-c2ccc3ccc4cccc5ccc2c3c45)c1[2H]. The van der Waals surface area contributed by atoms with Crippen molar-refractivity contribution >= 4 is 86.6 Å². The van der Waals surface area contributed by atoms with Gasteiger partial charge in [-0.3, -0.25) is 0 Å². The molecule has 0 aliphatic rings. The second-order valence-corrected chi connectivity index (χ2v) is 15.0. The molecule has 13 aromatic rings. The first-order chi connectivity index (χ1) is 31.2. The zero-order chi connectivity index (χ0) is 43.3. The average molecular weight is 728 g/mol. The predicted molar refractivity (Wildman–Crippen MR) is 243 cm³/mol. The number of fused-ring (bicyclic) bond motifs is 3. The number of hydrogen-bond donors (Lipinski definition) is 0. The third-order valence-corrected chi connectivity index (χ3v) is 11.9. The molecule has 0 bridgehead atoms. The van der Waals surface area contributed by atoms with E-state index in [-0.39, 0.29) is 70.1 Å². The first-order valence-corrected chi connectivity index (χ1v) is 19.2. The van der Waals surface area contributed by atoms with Crippen LogP contribution in [-0.2, 0) is 0 Å². The summed E-state index contributed by atoms with van der Waals surface area (Å²) in [5.41, 5.74) is 3.46. The molecule has 0 spiro atoms. The Morgan fingerprint density at radius 3 is 1.40 bits per heavy atom. The van der Waals surface area contributed by atoms with Crippen molar-refractivity contribution in [2.45, 2.75) is 0 Å². The highest BCUT2D eigenvalue weighted by atomic mass is 16.3. The quantitative estimate of drug-likeness (QED) is 0.165. The smallest absolute Gasteiger partial charge is 0.135 e. The maximum atomic E-state index is 10.0. The highest BCUT2D eigenvalue weighted by Crippen LogP contribution is 2.43. The lowest BCUT2D eigenvalue weighted by Crippen LogP contribution is -1.90. The summed E-state index contributed by atoms with van der Waals surface area (Å²) in [6.45, 7) is 0. The Morgan fingerprint density at radius 1 is 0.298 bits per heavy atom. The summed E-state index contributed by atoms with van der Waals surface area (Å²) in [7, 11) is 0. The molecule has 0 radical (unpaired) electrons. The Bertz CT molecular complexity index is 4110. The molecule has 0 saturated carbocycles. The number of rotatable bonds is 4. The van der Waals surface area contributed by atoms with Crippen molar-refractivity contribution in [2.24, 2.45) is 0 Å². The molecule has 0 aliphatic carbocycles. The molecule has 0 fully saturated rings. The van der Waals surface area contributed by atoms with Gasteiger partial charge < -0.3 is 4.42 Å². The largest absolute Gasteiger partial charge is 0.456 e. The molecule has 0 unspecified atom stereocenters. The van der Waals surface area contributed by atoms with Gasteiger partial charge in [0.15, 0.2) is 0 Å². The summed E-state index contributed by atoms with van der Waals surface area (Å²) in [5, 5.41) is 13.8. The highest BCUT2D eigenvalue weighted by molar-refractivity contribution is 6.27. The maximum Gasteiger partial charge on any atom is 0.135 e. The van der Waals surface area contributed by atoms with Gasteiger partial charge >= 0.3 is 0 Å². The van der Waals surface area contributed by atoms with E-state index < -0.39 is 0 Å². The molecule has 0 aliphatic heterocycles. The third kappa shape index (κ3) is 4.51.